The van der Waals surface area contributed by atoms with Gasteiger partial charge in [-0.15, -0.1) is 0 Å². The number of halogens is 3. The van der Waals surface area contributed by atoms with Gasteiger partial charge in [0.1, 0.15) is 29.1 Å². The molecule has 0 amide bonds. The largest absolute Gasteiger partial charge is 0.433 e. The van der Waals surface area contributed by atoms with Crippen molar-refractivity contribution < 1.29 is 13.2 Å². The Balaban J connectivity index is 2.03. The Morgan fingerprint density at radius 3 is 2.48 bits per heavy atom. The molecule has 7 nitrogen and oxygen atoms in total. The van der Waals surface area contributed by atoms with Gasteiger partial charge in [0.15, 0.2) is 5.82 Å². The molecule has 10 heteroatoms. The second-order valence-electron chi connectivity index (χ2n) is 6.37. The van der Waals surface area contributed by atoms with E-state index in [1.807, 2.05) is 19.9 Å². The molecule has 0 aliphatic heterocycles. The van der Waals surface area contributed by atoms with Crippen LogP contribution in [0.2, 0.25) is 0 Å². The quantitative estimate of drug-likeness (QED) is 0.656. The predicted molar refractivity (Wildman–Crippen MR) is 101 cm³/mol. The van der Waals surface area contributed by atoms with Gasteiger partial charge in [0.05, 0.1) is 17.4 Å². The first-order valence-corrected chi connectivity index (χ1v) is 8.57. The van der Waals surface area contributed by atoms with Gasteiger partial charge in [-0.25, -0.2) is 15.0 Å². The minimum absolute atomic E-state index is 0.0146. The van der Waals surface area contributed by atoms with Crippen LogP contribution in [0.25, 0.3) is 11.5 Å². The predicted octanol–water partition coefficient (Wildman–Crippen LogP) is 4.39. The Kier molecular flexibility index (Phi) is 5.59. The molecule has 0 atom stereocenters. The van der Waals surface area contributed by atoms with E-state index >= 15 is 0 Å². The molecule has 0 aliphatic rings. The minimum atomic E-state index is -4.58. The standard InChI is InChI=1S/C19H16F3N7/c1-11(2)25-16-7-17(26-13-6-12(8-23)9-24-10-13)29-18(28-16)14-4-3-5-15(27-14)19(20,21)22/h3-7,9-11H,1-2H3,(H2,25,26,28,29). The minimum Gasteiger partial charge on any atom is -0.368 e. The molecule has 0 aromatic carbocycles. The smallest absolute Gasteiger partial charge is 0.368 e. The second kappa shape index (κ2) is 8.10. The van der Waals surface area contributed by atoms with E-state index in [4.69, 9.17) is 5.26 Å². The number of nitriles is 1. The fourth-order valence-electron chi connectivity index (χ4n) is 2.43. The third-order valence-corrected chi connectivity index (χ3v) is 3.57. The summed E-state index contributed by atoms with van der Waals surface area (Å²) in [5, 5.41) is 15.1. The molecule has 0 aliphatic carbocycles. The lowest BCUT2D eigenvalue weighted by atomic mass is 10.2. The molecule has 0 saturated heterocycles. The lowest BCUT2D eigenvalue weighted by molar-refractivity contribution is -0.141. The van der Waals surface area contributed by atoms with Crippen LogP contribution in [0.15, 0.2) is 42.7 Å². The number of rotatable bonds is 5. The molecule has 3 heterocycles. The van der Waals surface area contributed by atoms with Gasteiger partial charge in [-0.2, -0.15) is 18.4 Å². The van der Waals surface area contributed by atoms with Crippen LogP contribution >= 0.6 is 0 Å². The maximum absolute atomic E-state index is 13.0. The first-order valence-electron chi connectivity index (χ1n) is 8.57. The van der Waals surface area contributed by atoms with Crippen molar-refractivity contribution >= 4 is 17.3 Å². The Labute approximate surface area is 164 Å². The van der Waals surface area contributed by atoms with Gasteiger partial charge in [-0.3, -0.25) is 4.98 Å². The van der Waals surface area contributed by atoms with Gasteiger partial charge in [-0.1, -0.05) is 6.07 Å². The monoisotopic (exact) mass is 399 g/mol. The molecular weight excluding hydrogens is 383 g/mol. The topological polar surface area (TPSA) is 99.4 Å². The molecule has 2 N–H and O–H groups in total. The van der Waals surface area contributed by atoms with Gasteiger partial charge >= 0.3 is 6.18 Å². The molecule has 3 rings (SSSR count). The Morgan fingerprint density at radius 1 is 1.03 bits per heavy atom. The van der Waals surface area contributed by atoms with E-state index in [0.717, 1.165) is 6.07 Å². The van der Waals surface area contributed by atoms with E-state index in [9.17, 15) is 13.2 Å². The number of hydrogen-bond donors (Lipinski definition) is 2. The van der Waals surface area contributed by atoms with Crippen molar-refractivity contribution in [3.8, 4) is 17.6 Å². The molecule has 29 heavy (non-hydrogen) atoms. The number of anilines is 3. The van der Waals surface area contributed by atoms with E-state index < -0.39 is 11.9 Å². The number of nitrogens with zero attached hydrogens (tertiary/aromatic N) is 5. The highest BCUT2D eigenvalue weighted by Gasteiger charge is 2.32. The van der Waals surface area contributed by atoms with Crippen molar-refractivity contribution in [3.05, 3.63) is 54.0 Å². The van der Waals surface area contributed by atoms with E-state index in [1.165, 1.54) is 24.5 Å². The van der Waals surface area contributed by atoms with Crippen LogP contribution in [0.1, 0.15) is 25.1 Å². The highest BCUT2D eigenvalue weighted by atomic mass is 19.4. The van der Waals surface area contributed by atoms with Gasteiger partial charge in [0.2, 0.25) is 0 Å². The number of hydrogen-bond acceptors (Lipinski definition) is 7. The van der Waals surface area contributed by atoms with Crippen molar-refractivity contribution in [1.82, 2.24) is 19.9 Å². The first-order chi connectivity index (χ1) is 13.7. The average molecular weight is 399 g/mol. The van der Waals surface area contributed by atoms with Gasteiger partial charge in [-0.05, 0) is 32.0 Å². The highest BCUT2D eigenvalue weighted by molar-refractivity contribution is 5.64. The van der Waals surface area contributed by atoms with E-state index in [2.05, 4.69) is 30.6 Å². The number of alkyl halides is 3. The summed E-state index contributed by atoms with van der Waals surface area (Å²) in [5.41, 5.74) is -0.189. The van der Waals surface area contributed by atoms with Gasteiger partial charge < -0.3 is 10.6 Å². The molecule has 3 aromatic rings. The molecule has 0 unspecified atom stereocenters. The number of aromatic nitrogens is 4. The third-order valence-electron chi connectivity index (χ3n) is 3.57. The average Bonchev–Trinajstić information content (AvgIpc) is 2.67. The maximum atomic E-state index is 13.0. The number of pyridine rings is 2. The molecule has 0 spiro atoms. The molecule has 0 radical (unpaired) electrons. The maximum Gasteiger partial charge on any atom is 0.433 e. The summed E-state index contributed by atoms with van der Waals surface area (Å²) < 4.78 is 39.0. The summed E-state index contributed by atoms with van der Waals surface area (Å²) in [6.07, 6.45) is -1.66. The van der Waals surface area contributed by atoms with E-state index in [1.54, 1.807) is 12.1 Å². The summed E-state index contributed by atoms with van der Waals surface area (Å²) in [7, 11) is 0. The number of nitrogens with one attached hydrogen (secondary N) is 2. The van der Waals surface area contributed by atoms with E-state index in [-0.39, 0.29) is 17.6 Å². The lowest BCUT2D eigenvalue weighted by Crippen LogP contribution is -2.13. The van der Waals surface area contributed by atoms with Crippen molar-refractivity contribution in [1.29, 1.82) is 5.26 Å². The third kappa shape index (κ3) is 5.16. The zero-order valence-electron chi connectivity index (χ0n) is 15.5. The zero-order valence-corrected chi connectivity index (χ0v) is 15.5. The highest BCUT2D eigenvalue weighted by Crippen LogP contribution is 2.29. The molecule has 3 aromatic heterocycles. The summed E-state index contributed by atoms with van der Waals surface area (Å²) >= 11 is 0. The Hall–Kier alpha value is -3.74. The SMILES string of the molecule is CC(C)Nc1cc(Nc2cncc(C#N)c2)nc(-c2cccc(C(F)(F)F)n2)n1. The van der Waals surface area contributed by atoms with Crippen molar-refractivity contribution in [2.24, 2.45) is 0 Å². The molecule has 0 bridgehead atoms. The van der Waals surface area contributed by atoms with Crippen LogP contribution in [0.4, 0.5) is 30.5 Å². The van der Waals surface area contributed by atoms with Crippen molar-refractivity contribution in [2.75, 3.05) is 10.6 Å². The molecule has 0 saturated carbocycles. The summed E-state index contributed by atoms with van der Waals surface area (Å²) in [5.74, 6) is 0.749. The zero-order chi connectivity index (χ0) is 21.0. The summed E-state index contributed by atoms with van der Waals surface area (Å²) in [6.45, 7) is 3.80. The summed E-state index contributed by atoms with van der Waals surface area (Å²) in [6, 6.07) is 8.75. The van der Waals surface area contributed by atoms with Crippen LogP contribution in [0.5, 0.6) is 0 Å². The molecular formula is C19H16F3N7. The van der Waals surface area contributed by atoms with Crippen molar-refractivity contribution in [3.63, 3.8) is 0 Å². The first kappa shape index (κ1) is 20.0. The Bertz CT molecular complexity index is 1060. The second-order valence-corrected chi connectivity index (χ2v) is 6.37. The fraction of sp³-hybridized carbons (Fsp3) is 0.211. The van der Waals surface area contributed by atoms with Crippen molar-refractivity contribution in [2.45, 2.75) is 26.1 Å². The summed E-state index contributed by atoms with van der Waals surface area (Å²) in [4.78, 5) is 16.2. The van der Waals surface area contributed by atoms with Crippen LogP contribution < -0.4 is 10.6 Å². The van der Waals surface area contributed by atoms with Gasteiger partial charge in [0, 0.05) is 18.3 Å². The van der Waals surface area contributed by atoms with Crippen LogP contribution in [-0.4, -0.2) is 26.0 Å². The lowest BCUT2D eigenvalue weighted by Gasteiger charge is -2.14. The molecule has 0 fully saturated rings. The van der Waals surface area contributed by atoms with Crippen LogP contribution in [0.3, 0.4) is 0 Å². The van der Waals surface area contributed by atoms with Crippen LogP contribution in [0, 0.1) is 11.3 Å². The molecule has 148 valence electrons. The fourth-order valence-corrected chi connectivity index (χ4v) is 2.43. The van der Waals surface area contributed by atoms with Gasteiger partial charge in [0.25, 0.3) is 0 Å². The Morgan fingerprint density at radius 2 is 1.79 bits per heavy atom. The van der Waals surface area contributed by atoms with E-state index in [0.29, 0.717) is 22.9 Å². The van der Waals surface area contributed by atoms with Crippen LogP contribution in [-0.2, 0) is 6.18 Å². The normalized spacial score (nSPS) is 11.2.